The lowest BCUT2D eigenvalue weighted by atomic mass is 10.2. The normalized spacial score (nSPS) is 9.62. The molecule has 0 saturated heterocycles. The van der Waals surface area contributed by atoms with E-state index in [-0.39, 0.29) is 6.03 Å². The minimum Gasteiger partial charge on any atom is -0.491 e. The van der Waals surface area contributed by atoms with Crippen LogP contribution in [0.5, 0.6) is 5.75 Å². The molecular weight excluding hydrogens is 204 g/mol. The van der Waals surface area contributed by atoms with Crippen molar-refractivity contribution in [2.24, 2.45) is 0 Å². The fourth-order valence-corrected chi connectivity index (χ4v) is 1.27. The molecule has 4 heteroatoms. The first kappa shape index (κ1) is 12.4. The van der Waals surface area contributed by atoms with Crippen molar-refractivity contribution in [2.45, 2.75) is 13.8 Å². The maximum atomic E-state index is 11.0. The Kier molecular flexibility index (Phi) is 5.19. The first-order valence-electron chi connectivity index (χ1n) is 5.44. The van der Waals surface area contributed by atoms with Gasteiger partial charge in [0.15, 0.2) is 0 Å². The molecule has 1 aromatic rings. The van der Waals surface area contributed by atoms with E-state index in [2.05, 4.69) is 10.6 Å². The predicted molar refractivity (Wildman–Crippen MR) is 63.7 cm³/mol. The molecule has 1 aromatic carbocycles. The summed E-state index contributed by atoms with van der Waals surface area (Å²) in [4.78, 5) is 11.0. The van der Waals surface area contributed by atoms with Crippen LogP contribution in [0.25, 0.3) is 0 Å². The van der Waals surface area contributed by atoms with E-state index in [1.165, 1.54) is 0 Å². The van der Waals surface area contributed by atoms with Crippen LogP contribution in [0.1, 0.15) is 12.5 Å². The maximum Gasteiger partial charge on any atom is 0.314 e. The Morgan fingerprint density at radius 2 is 2.06 bits per heavy atom. The van der Waals surface area contributed by atoms with Gasteiger partial charge in [-0.1, -0.05) is 18.2 Å². The summed E-state index contributed by atoms with van der Waals surface area (Å²) in [7, 11) is 0. The Labute approximate surface area is 96.0 Å². The molecule has 2 amide bonds. The van der Waals surface area contributed by atoms with Crippen molar-refractivity contribution in [3.8, 4) is 5.75 Å². The van der Waals surface area contributed by atoms with Crippen LogP contribution in [0.15, 0.2) is 24.3 Å². The molecule has 0 aliphatic rings. The quantitative estimate of drug-likeness (QED) is 0.745. The molecule has 16 heavy (non-hydrogen) atoms. The van der Waals surface area contributed by atoms with E-state index in [1.54, 1.807) is 0 Å². The van der Waals surface area contributed by atoms with Crippen molar-refractivity contribution < 1.29 is 9.53 Å². The van der Waals surface area contributed by atoms with Gasteiger partial charge < -0.3 is 15.4 Å². The second-order valence-corrected chi connectivity index (χ2v) is 3.40. The lowest BCUT2D eigenvalue weighted by molar-refractivity contribution is 0.237. The molecule has 0 aliphatic heterocycles. The third-order valence-electron chi connectivity index (χ3n) is 2.08. The average Bonchev–Trinajstić information content (AvgIpc) is 2.27. The van der Waals surface area contributed by atoms with Crippen LogP contribution >= 0.6 is 0 Å². The Morgan fingerprint density at radius 3 is 2.75 bits per heavy atom. The van der Waals surface area contributed by atoms with Gasteiger partial charge in [0.05, 0.1) is 6.54 Å². The summed E-state index contributed by atoms with van der Waals surface area (Å²) < 4.78 is 5.52. The fraction of sp³-hybridized carbons (Fsp3) is 0.417. The van der Waals surface area contributed by atoms with Crippen molar-refractivity contribution in [1.29, 1.82) is 0 Å². The second kappa shape index (κ2) is 6.71. The van der Waals surface area contributed by atoms with Gasteiger partial charge in [-0.2, -0.15) is 0 Å². The maximum absolute atomic E-state index is 11.0. The number of hydrogen-bond acceptors (Lipinski definition) is 2. The van der Waals surface area contributed by atoms with E-state index >= 15 is 0 Å². The summed E-state index contributed by atoms with van der Waals surface area (Å²) >= 11 is 0. The van der Waals surface area contributed by atoms with Gasteiger partial charge >= 0.3 is 6.03 Å². The van der Waals surface area contributed by atoms with E-state index in [0.29, 0.717) is 19.7 Å². The van der Waals surface area contributed by atoms with Crippen molar-refractivity contribution in [1.82, 2.24) is 10.6 Å². The van der Waals surface area contributed by atoms with E-state index < -0.39 is 0 Å². The van der Waals surface area contributed by atoms with Crippen LogP contribution in [0, 0.1) is 6.92 Å². The first-order valence-corrected chi connectivity index (χ1v) is 5.44. The highest BCUT2D eigenvalue weighted by Gasteiger charge is 1.99. The zero-order valence-electron chi connectivity index (χ0n) is 9.75. The summed E-state index contributed by atoms with van der Waals surface area (Å²) in [6, 6.07) is 7.65. The third-order valence-corrected chi connectivity index (χ3v) is 2.08. The van der Waals surface area contributed by atoms with Gasteiger partial charge in [0, 0.05) is 6.54 Å². The highest BCUT2D eigenvalue weighted by atomic mass is 16.5. The molecule has 88 valence electrons. The van der Waals surface area contributed by atoms with Crippen LogP contribution < -0.4 is 15.4 Å². The van der Waals surface area contributed by atoms with Crippen molar-refractivity contribution in [2.75, 3.05) is 19.7 Å². The minimum absolute atomic E-state index is 0.157. The van der Waals surface area contributed by atoms with Gasteiger partial charge in [-0.15, -0.1) is 0 Å². The van der Waals surface area contributed by atoms with Gasteiger partial charge in [0.1, 0.15) is 12.4 Å². The number of urea groups is 1. The van der Waals surface area contributed by atoms with Crippen LogP contribution in [0.2, 0.25) is 0 Å². The summed E-state index contributed by atoms with van der Waals surface area (Å²) in [6.07, 6.45) is 0. The summed E-state index contributed by atoms with van der Waals surface area (Å²) in [5.74, 6) is 0.861. The number of carbonyl (C=O) groups excluding carboxylic acids is 1. The molecular formula is C12H18N2O2. The van der Waals surface area contributed by atoms with Gasteiger partial charge in [-0.3, -0.25) is 0 Å². The number of benzene rings is 1. The average molecular weight is 222 g/mol. The second-order valence-electron chi connectivity index (χ2n) is 3.40. The molecule has 2 N–H and O–H groups in total. The molecule has 0 bridgehead atoms. The van der Waals surface area contributed by atoms with Crippen LogP contribution in [-0.2, 0) is 0 Å². The molecule has 0 atom stereocenters. The topological polar surface area (TPSA) is 50.4 Å². The highest BCUT2D eigenvalue weighted by molar-refractivity contribution is 5.73. The molecule has 0 heterocycles. The SMILES string of the molecule is CCNC(=O)NCCOc1ccccc1C. The van der Waals surface area contributed by atoms with Crippen molar-refractivity contribution in [3.63, 3.8) is 0 Å². The first-order chi connectivity index (χ1) is 7.74. The molecule has 1 rings (SSSR count). The molecule has 0 aliphatic carbocycles. The molecule has 0 unspecified atom stereocenters. The molecule has 4 nitrogen and oxygen atoms in total. The number of hydrogen-bond donors (Lipinski definition) is 2. The van der Waals surface area contributed by atoms with Crippen LogP contribution in [0.4, 0.5) is 4.79 Å². The van der Waals surface area contributed by atoms with Gasteiger partial charge in [-0.05, 0) is 25.5 Å². The molecule has 0 aromatic heterocycles. The molecule has 0 saturated carbocycles. The number of amides is 2. The number of rotatable bonds is 5. The molecule has 0 spiro atoms. The van der Waals surface area contributed by atoms with Gasteiger partial charge in [-0.25, -0.2) is 4.79 Å². The zero-order valence-corrected chi connectivity index (χ0v) is 9.75. The standard InChI is InChI=1S/C12H18N2O2/c1-3-13-12(15)14-8-9-16-11-7-5-4-6-10(11)2/h4-7H,3,8-9H2,1-2H3,(H2,13,14,15). The van der Waals surface area contributed by atoms with E-state index in [4.69, 9.17) is 4.74 Å². The minimum atomic E-state index is -0.157. The summed E-state index contributed by atoms with van der Waals surface area (Å²) in [5, 5.41) is 5.35. The Morgan fingerprint density at radius 1 is 1.31 bits per heavy atom. The highest BCUT2D eigenvalue weighted by Crippen LogP contribution is 2.15. The third kappa shape index (κ3) is 4.21. The Hall–Kier alpha value is -1.71. The summed E-state index contributed by atoms with van der Waals surface area (Å²) in [6.45, 7) is 5.47. The van der Waals surface area contributed by atoms with E-state index in [9.17, 15) is 4.79 Å². The predicted octanol–water partition coefficient (Wildman–Crippen LogP) is 1.69. The number of carbonyl (C=O) groups is 1. The lowest BCUT2D eigenvalue weighted by Gasteiger charge is -2.09. The van der Waals surface area contributed by atoms with Crippen molar-refractivity contribution in [3.05, 3.63) is 29.8 Å². The van der Waals surface area contributed by atoms with Crippen LogP contribution in [-0.4, -0.2) is 25.7 Å². The monoisotopic (exact) mass is 222 g/mol. The largest absolute Gasteiger partial charge is 0.491 e. The van der Waals surface area contributed by atoms with Gasteiger partial charge in [0.2, 0.25) is 0 Å². The smallest absolute Gasteiger partial charge is 0.314 e. The molecule has 0 radical (unpaired) electrons. The van der Waals surface area contributed by atoms with Crippen molar-refractivity contribution >= 4 is 6.03 Å². The number of nitrogens with one attached hydrogen (secondary N) is 2. The zero-order chi connectivity index (χ0) is 11.8. The Balaban J connectivity index is 2.21. The lowest BCUT2D eigenvalue weighted by Crippen LogP contribution is -2.37. The fourth-order valence-electron chi connectivity index (χ4n) is 1.27. The van der Waals surface area contributed by atoms with Gasteiger partial charge in [0.25, 0.3) is 0 Å². The van der Waals surface area contributed by atoms with E-state index in [1.807, 2.05) is 38.1 Å². The van der Waals surface area contributed by atoms with Crippen LogP contribution in [0.3, 0.4) is 0 Å². The number of ether oxygens (including phenoxy) is 1. The summed E-state index contributed by atoms with van der Waals surface area (Å²) in [5.41, 5.74) is 1.10. The number of aryl methyl sites for hydroxylation is 1. The number of para-hydroxylation sites is 1. The Bertz CT molecular complexity index is 340. The van der Waals surface area contributed by atoms with E-state index in [0.717, 1.165) is 11.3 Å². The molecule has 0 fully saturated rings.